The molecule has 0 radical (unpaired) electrons. The number of aliphatic carboxylic acids is 1. The molecule has 0 aromatic heterocycles. The number of hydrogen-bond donors (Lipinski definition) is 3. The van der Waals surface area contributed by atoms with Gasteiger partial charge in [-0.2, -0.15) is 0 Å². The van der Waals surface area contributed by atoms with Crippen molar-refractivity contribution >= 4 is 11.9 Å². The van der Waals surface area contributed by atoms with Crippen LogP contribution in [0.2, 0.25) is 0 Å². The van der Waals surface area contributed by atoms with Crippen LogP contribution in [0.1, 0.15) is 39.5 Å². The van der Waals surface area contributed by atoms with Crippen LogP contribution in [0.25, 0.3) is 0 Å². The van der Waals surface area contributed by atoms with Crippen LogP contribution in [0, 0.1) is 5.92 Å². The number of carbonyl (C=O) groups excluding carboxylic acids is 1. The third kappa shape index (κ3) is 3.19. The van der Waals surface area contributed by atoms with Crippen molar-refractivity contribution in [3.8, 4) is 0 Å². The fourth-order valence-corrected chi connectivity index (χ4v) is 2.35. The topological polar surface area (TPSA) is 78.4 Å². The number of carbonyl (C=O) groups is 2. The van der Waals surface area contributed by atoms with Gasteiger partial charge < -0.3 is 15.7 Å². The first-order chi connectivity index (χ1) is 7.91. The van der Waals surface area contributed by atoms with Gasteiger partial charge >= 0.3 is 5.97 Å². The first kappa shape index (κ1) is 14.0. The van der Waals surface area contributed by atoms with E-state index in [0.29, 0.717) is 25.7 Å². The molecule has 0 aromatic carbocycles. The number of rotatable bonds is 4. The zero-order valence-corrected chi connectivity index (χ0v) is 10.7. The van der Waals surface area contributed by atoms with Gasteiger partial charge in [-0.25, -0.2) is 0 Å². The SMILES string of the molecule is CNC1(C(=O)O)CCC(C(=O)NC(C)C)CC1. The summed E-state index contributed by atoms with van der Waals surface area (Å²) in [5.74, 6) is -0.809. The monoisotopic (exact) mass is 242 g/mol. The van der Waals surface area contributed by atoms with Gasteiger partial charge in [-0.1, -0.05) is 0 Å². The molecule has 0 saturated heterocycles. The van der Waals surface area contributed by atoms with Crippen LogP contribution in [-0.4, -0.2) is 35.6 Å². The van der Waals surface area contributed by atoms with Crippen LogP contribution in [0.3, 0.4) is 0 Å². The average molecular weight is 242 g/mol. The standard InChI is InChI=1S/C12H22N2O3/c1-8(2)14-10(15)9-4-6-12(13-3,7-5-9)11(16)17/h8-9,13H,4-7H2,1-3H3,(H,14,15)(H,16,17). The fourth-order valence-electron chi connectivity index (χ4n) is 2.35. The highest BCUT2D eigenvalue weighted by Gasteiger charge is 2.42. The Kier molecular flexibility index (Phi) is 4.51. The van der Waals surface area contributed by atoms with Crippen LogP contribution in [0.4, 0.5) is 0 Å². The Morgan fingerprint density at radius 1 is 1.29 bits per heavy atom. The van der Waals surface area contributed by atoms with Crippen molar-refractivity contribution in [1.82, 2.24) is 10.6 Å². The summed E-state index contributed by atoms with van der Waals surface area (Å²) in [6.45, 7) is 3.85. The second kappa shape index (κ2) is 5.49. The van der Waals surface area contributed by atoms with Gasteiger partial charge in [0.25, 0.3) is 0 Å². The van der Waals surface area contributed by atoms with Gasteiger partial charge in [0.15, 0.2) is 0 Å². The number of carboxylic acids is 1. The Morgan fingerprint density at radius 2 is 1.82 bits per heavy atom. The molecular weight excluding hydrogens is 220 g/mol. The van der Waals surface area contributed by atoms with Gasteiger partial charge in [0.05, 0.1) is 0 Å². The van der Waals surface area contributed by atoms with E-state index in [1.54, 1.807) is 7.05 Å². The lowest BCUT2D eigenvalue weighted by Gasteiger charge is -2.36. The molecule has 5 nitrogen and oxygen atoms in total. The molecule has 1 aliphatic carbocycles. The minimum Gasteiger partial charge on any atom is -0.480 e. The van der Waals surface area contributed by atoms with Crippen molar-refractivity contribution in [3.05, 3.63) is 0 Å². The first-order valence-electron chi connectivity index (χ1n) is 6.14. The van der Waals surface area contributed by atoms with E-state index < -0.39 is 11.5 Å². The van der Waals surface area contributed by atoms with Gasteiger partial charge in [-0.15, -0.1) is 0 Å². The van der Waals surface area contributed by atoms with E-state index in [2.05, 4.69) is 10.6 Å². The zero-order valence-electron chi connectivity index (χ0n) is 10.7. The molecular formula is C12H22N2O3. The van der Waals surface area contributed by atoms with Crippen molar-refractivity contribution in [2.45, 2.75) is 51.1 Å². The Labute approximate surface area is 102 Å². The lowest BCUT2D eigenvalue weighted by Crippen LogP contribution is -2.53. The average Bonchev–Trinajstić information content (AvgIpc) is 2.28. The summed E-state index contributed by atoms with van der Waals surface area (Å²) in [6, 6.07) is 0.137. The van der Waals surface area contributed by atoms with Gasteiger partial charge in [0.2, 0.25) is 5.91 Å². The summed E-state index contributed by atoms with van der Waals surface area (Å²) in [5, 5.41) is 15.0. The Hall–Kier alpha value is -1.10. The molecule has 0 unspecified atom stereocenters. The third-order valence-electron chi connectivity index (χ3n) is 3.53. The molecule has 1 aliphatic rings. The molecule has 0 spiro atoms. The van der Waals surface area contributed by atoms with Crippen LogP contribution in [0.5, 0.6) is 0 Å². The predicted molar refractivity (Wildman–Crippen MR) is 64.7 cm³/mol. The molecule has 17 heavy (non-hydrogen) atoms. The normalized spacial score (nSPS) is 29.1. The van der Waals surface area contributed by atoms with Crippen molar-refractivity contribution in [3.63, 3.8) is 0 Å². The van der Waals surface area contributed by atoms with E-state index in [4.69, 9.17) is 0 Å². The zero-order chi connectivity index (χ0) is 13.1. The highest BCUT2D eigenvalue weighted by atomic mass is 16.4. The minimum atomic E-state index is -0.839. The largest absolute Gasteiger partial charge is 0.480 e. The lowest BCUT2D eigenvalue weighted by molar-refractivity contribution is -0.147. The molecule has 0 heterocycles. The molecule has 1 rings (SSSR count). The Balaban J connectivity index is 2.55. The Morgan fingerprint density at radius 3 is 2.18 bits per heavy atom. The number of amides is 1. The van der Waals surface area contributed by atoms with Gasteiger partial charge in [0.1, 0.15) is 5.54 Å². The maximum absolute atomic E-state index is 11.8. The van der Waals surface area contributed by atoms with Crippen LogP contribution in [-0.2, 0) is 9.59 Å². The molecule has 98 valence electrons. The fraction of sp³-hybridized carbons (Fsp3) is 0.833. The third-order valence-corrected chi connectivity index (χ3v) is 3.53. The molecule has 0 atom stereocenters. The van der Waals surface area contributed by atoms with Crippen molar-refractivity contribution < 1.29 is 14.7 Å². The summed E-state index contributed by atoms with van der Waals surface area (Å²) >= 11 is 0. The quantitative estimate of drug-likeness (QED) is 0.679. The second-order valence-electron chi connectivity index (χ2n) is 5.07. The smallest absolute Gasteiger partial charge is 0.323 e. The predicted octanol–water partition coefficient (Wildman–Crippen LogP) is 0.744. The lowest BCUT2D eigenvalue weighted by atomic mass is 9.76. The molecule has 0 aromatic rings. The van der Waals surface area contributed by atoms with Crippen LogP contribution in [0.15, 0.2) is 0 Å². The molecule has 5 heteroatoms. The Bertz CT molecular complexity index is 294. The highest BCUT2D eigenvalue weighted by Crippen LogP contribution is 2.32. The summed E-state index contributed by atoms with van der Waals surface area (Å²) in [7, 11) is 1.67. The number of likely N-dealkylation sites (N-methyl/N-ethyl adjacent to an activating group) is 1. The molecule has 1 saturated carbocycles. The summed E-state index contributed by atoms with van der Waals surface area (Å²) in [4.78, 5) is 23.0. The van der Waals surface area contributed by atoms with E-state index in [0.717, 1.165) is 0 Å². The minimum absolute atomic E-state index is 0.0433. The van der Waals surface area contributed by atoms with Gasteiger partial charge in [-0.05, 0) is 46.6 Å². The first-order valence-corrected chi connectivity index (χ1v) is 6.14. The van der Waals surface area contributed by atoms with Gasteiger partial charge in [-0.3, -0.25) is 9.59 Å². The van der Waals surface area contributed by atoms with E-state index in [1.165, 1.54) is 0 Å². The van der Waals surface area contributed by atoms with E-state index in [9.17, 15) is 14.7 Å². The molecule has 0 aliphatic heterocycles. The van der Waals surface area contributed by atoms with Crippen molar-refractivity contribution in [2.75, 3.05) is 7.05 Å². The van der Waals surface area contributed by atoms with Crippen LogP contribution >= 0.6 is 0 Å². The van der Waals surface area contributed by atoms with E-state index >= 15 is 0 Å². The number of carboxylic acid groups (broad SMARTS) is 1. The summed E-state index contributed by atoms with van der Waals surface area (Å²) < 4.78 is 0. The maximum Gasteiger partial charge on any atom is 0.323 e. The maximum atomic E-state index is 11.8. The van der Waals surface area contributed by atoms with Crippen molar-refractivity contribution in [2.24, 2.45) is 5.92 Å². The number of hydrogen-bond acceptors (Lipinski definition) is 3. The highest BCUT2D eigenvalue weighted by molar-refractivity contribution is 5.81. The molecule has 1 amide bonds. The second-order valence-corrected chi connectivity index (χ2v) is 5.07. The molecule has 0 bridgehead atoms. The van der Waals surface area contributed by atoms with Crippen molar-refractivity contribution in [1.29, 1.82) is 0 Å². The van der Waals surface area contributed by atoms with Gasteiger partial charge in [0, 0.05) is 12.0 Å². The summed E-state index contributed by atoms with van der Waals surface area (Å²) in [5.41, 5.74) is -0.839. The molecule has 3 N–H and O–H groups in total. The van der Waals surface area contributed by atoms with Crippen LogP contribution < -0.4 is 10.6 Å². The van der Waals surface area contributed by atoms with E-state index in [1.807, 2.05) is 13.8 Å². The molecule has 1 fully saturated rings. The number of nitrogens with one attached hydrogen (secondary N) is 2. The van der Waals surface area contributed by atoms with E-state index in [-0.39, 0.29) is 17.9 Å². The summed E-state index contributed by atoms with van der Waals surface area (Å²) in [6.07, 6.45) is 2.28.